The molecule has 0 heterocycles. The minimum atomic E-state index is -1.37. The fraction of sp³-hybridized carbons (Fsp3) is 0.154. The van der Waals surface area contributed by atoms with Gasteiger partial charge in [0, 0.05) is 11.5 Å². The lowest BCUT2D eigenvalue weighted by atomic mass is 10.2. The number of carboxylic acid groups (broad SMARTS) is 1. The summed E-state index contributed by atoms with van der Waals surface area (Å²) in [5, 5.41) is 10.9. The molecule has 0 aromatic heterocycles. The number of nitrogens with one attached hydrogen (secondary N) is 1. The average Bonchev–Trinajstić information content (AvgIpc) is 2.36. The number of hydrogen-bond donors (Lipinski definition) is 3. The van der Waals surface area contributed by atoms with E-state index in [0.717, 1.165) is 0 Å². The molecule has 0 fully saturated rings. The fourth-order valence-corrected chi connectivity index (χ4v) is 1.25. The van der Waals surface area contributed by atoms with Gasteiger partial charge >= 0.3 is 5.97 Å². The zero-order chi connectivity index (χ0) is 14.3. The second-order valence-electron chi connectivity index (χ2n) is 3.65. The Kier molecular flexibility index (Phi) is 5.11. The standard InChI is InChI=1S/C13H12N2O4/c14-11(16)8-10(13(18)19)15-12(17)7-6-9-4-2-1-3-5-9/h1-5,10H,8H2,(H2,14,16)(H,15,17)(H,18,19). The van der Waals surface area contributed by atoms with E-state index in [1.54, 1.807) is 30.3 Å². The van der Waals surface area contributed by atoms with Crippen molar-refractivity contribution in [1.29, 1.82) is 0 Å². The third kappa shape index (κ3) is 5.37. The highest BCUT2D eigenvalue weighted by molar-refractivity contribution is 5.97. The first kappa shape index (κ1) is 14.3. The van der Waals surface area contributed by atoms with E-state index >= 15 is 0 Å². The lowest BCUT2D eigenvalue weighted by Gasteiger charge is -2.09. The van der Waals surface area contributed by atoms with Crippen molar-refractivity contribution in [3.05, 3.63) is 35.9 Å². The van der Waals surface area contributed by atoms with Gasteiger partial charge in [0.2, 0.25) is 5.91 Å². The monoisotopic (exact) mass is 260 g/mol. The summed E-state index contributed by atoms with van der Waals surface area (Å²) in [4.78, 5) is 32.8. The Morgan fingerprint density at radius 1 is 1.26 bits per heavy atom. The van der Waals surface area contributed by atoms with Gasteiger partial charge in [-0.15, -0.1) is 0 Å². The van der Waals surface area contributed by atoms with Crippen molar-refractivity contribution in [2.75, 3.05) is 0 Å². The highest BCUT2D eigenvalue weighted by atomic mass is 16.4. The molecule has 0 saturated heterocycles. The maximum Gasteiger partial charge on any atom is 0.326 e. The Hall–Kier alpha value is -2.81. The van der Waals surface area contributed by atoms with Gasteiger partial charge in [0.1, 0.15) is 6.04 Å². The smallest absolute Gasteiger partial charge is 0.326 e. The van der Waals surface area contributed by atoms with Gasteiger partial charge in [-0.05, 0) is 12.1 Å². The van der Waals surface area contributed by atoms with Crippen LogP contribution in [-0.4, -0.2) is 28.9 Å². The predicted octanol–water partition coefficient (Wildman–Crippen LogP) is -0.517. The van der Waals surface area contributed by atoms with E-state index in [1.807, 2.05) is 0 Å². The second-order valence-corrected chi connectivity index (χ2v) is 3.65. The van der Waals surface area contributed by atoms with Crippen molar-refractivity contribution < 1.29 is 19.5 Å². The number of amides is 2. The molecule has 0 aliphatic carbocycles. The first-order valence-corrected chi connectivity index (χ1v) is 5.37. The van der Waals surface area contributed by atoms with Crippen molar-refractivity contribution in [3.63, 3.8) is 0 Å². The first-order valence-electron chi connectivity index (χ1n) is 5.37. The minimum Gasteiger partial charge on any atom is -0.480 e. The van der Waals surface area contributed by atoms with Crippen LogP contribution in [0.2, 0.25) is 0 Å². The minimum absolute atomic E-state index is 0.478. The Labute approximate surface area is 109 Å². The maximum absolute atomic E-state index is 11.4. The molecule has 1 atom stereocenters. The summed E-state index contributed by atoms with van der Waals surface area (Å²) in [5.74, 6) is 1.88. The first-order chi connectivity index (χ1) is 8.99. The van der Waals surface area contributed by atoms with Gasteiger partial charge in [0.15, 0.2) is 0 Å². The molecule has 1 aromatic rings. The summed E-state index contributed by atoms with van der Waals surface area (Å²) in [7, 11) is 0. The summed E-state index contributed by atoms with van der Waals surface area (Å²) in [6.07, 6.45) is -0.478. The number of carbonyl (C=O) groups excluding carboxylic acids is 2. The number of nitrogens with two attached hydrogens (primary N) is 1. The van der Waals surface area contributed by atoms with Crippen LogP contribution in [0, 0.1) is 11.8 Å². The highest BCUT2D eigenvalue weighted by Crippen LogP contribution is 1.95. The van der Waals surface area contributed by atoms with Crippen molar-refractivity contribution in [2.45, 2.75) is 12.5 Å². The Bertz CT molecular complexity index is 543. The number of carbonyl (C=O) groups is 3. The van der Waals surface area contributed by atoms with Crippen molar-refractivity contribution >= 4 is 17.8 Å². The van der Waals surface area contributed by atoms with Crippen LogP contribution >= 0.6 is 0 Å². The highest BCUT2D eigenvalue weighted by Gasteiger charge is 2.21. The molecule has 6 heteroatoms. The summed E-state index contributed by atoms with van der Waals surface area (Å²) in [5.41, 5.74) is 5.51. The van der Waals surface area contributed by atoms with Crippen LogP contribution in [0.15, 0.2) is 30.3 Å². The molecule has 0 bridgehead atoms. The molecule has 2 amide bonds. The molecular weight excluding hydrogens is 248 g/mol. The van der Waals surface area contributed by atoms with Crippen LogP contribution < -0.4 is 11.1 Å². The largest absolute Gasteiger partial charge is 0.480 e. The summed E-state index contributed by atoms with van der Waals surface area (Å²) in [6, 6.07) is 7.37. The quantitative estimate of drug-likeness (QED) is 0.633. The molecule has 0 radical (unpaired) electrons. The molecule has 6 nitrogen and oxygen atoms in total. The zero-order valence-electron chi connectivity index (χ0n) is 9.92. The molecule has 0 saturated carbocycles. The van der Waals surface area contributed by atoms with Gasteiger partial charge in [0.05, 0.1) is 6.42 Å². The zero-order valence-corrected chi connectivity index (χ0v) is 9.92. The molecule has 0 aliphatic rings. The Morgan fingerprint density at radius 2 is 1.89 bits per heavy atom. The second kappa shape index (κ2) is 6.81. The third-order valence-electron chi connectivity index (χ3n) is 2.10. The average molecular weight is 260 g/mol. The van der Waals surface area contributed by atoms with Gasteiger partial charge in [-0.3, -0.25) is 9.59 Å². The molecule has 98 valence electrons. The number of carboxylic acids is 1. The lowest BCUT2D eigenvalue weighted by Crippen LogP contribution is -2.42. The van der Waals surface area contributed by atoms with E-state index in [-0.39, 0.29) is 0 Å². The molecule has 4 N–H and O–H groups in total. The van der Waals surface area contributed by atoms with E-state index in [2.05, 4.69) is 17.2 Å². The van der Waals surface area contributed by atoms with Crippen LogP contribution in [0.25, 0.3) is 0 Å². The van der Waals surface area contributed by atoms with Gasteiger partial charge in [-0.1, -0.05) is 24.1 Å². The summed E-state index contributed by atoms with van der Waals surface area (Å²) >= 11 is 0. The van der Waals surface area contributed by atoms with E-state index in [0.29, 0.717) is 5.56 Å². The summed E-state index contributed by atoms with van der Waals surface area (Å²) < 4.78 is 0. The molecule has 0 spiro atoms. The number of hydrogen-bond acceptors (Lipinski definition) is 3. The normalized spacial score (nSPS) is 10.7. The van der Waals surface area contributed by atoms with E-state index in [1.165, 1.54) is 0 Å². The SMILES string of the molecule is NC(=O)CC(NC(=O)C#Cc1ccccc1)C(=O)O. The van der Waals surface area contributed by atoms with Crippen LogP contribution in [0.5, 0.6) is 0 Å². The molecule has 1 rings (SSSR count). The molecule has 1 unspecified atom stereocenters. The van der Waals surface area contributed by atoms with Gasteiger partial charge in [-0.2, -0.15) is 0 Å². The number of primary amides is 1. The van der Waals surface area contributed by atoms with Gasteiger partial charge in [-0.25, -0.2) is 4.79 Å². The number of aliphatic carboxylic acids is 1. The summed E-state index contributed by atoms with van der Waals surface area (Å²) in [6.45, 7) is 0. The van der Waals surface area contributed by atoms with Gasteiger partial charge < -0.3 is 16.2 Å². The fourth-order valence-electron chi connectivity index (χ4n) is 1.25. The maximum atomic E-state index is 11.4. The predicted molar refractivity (Wildman–Crippen MR) is 66.7 cm³/mol. The van der Waals surface area contributed by atoms with Gasteiger partial charge in [0.25, 0.3) is 5.91 Å². The van der Waals surface area contributed by atoms with E-state index in [9.17, 15) is 14.4 Å². The van der Waals surface area contributed by atoms with Crippen molar-refractivity contribution in [3.8, 4) is 11.8 Å². The Balaban J connectivity index is 2.66. The van der Waals surface area contributed by atoms with Crippen LogP contribution in [-0.2, 0) is 14.4 Å². The molecule has 19 heavy (non-hydrogen) atoms. The topological polar surface area (TPSA) is 109 Å². The van der Waals surface area contributed by atoms with Crippen LogP contribution in [0.3, 0.4) is 0 Å². The number of rotatable bonds is 4. The van der Waals surface area contributed by atoms with Crippen LogP contribution in [0.4, 0.5) is 0 Å². The molecule has 1 aromatic carbocycles. The molecular formula is C13H12N2O4. The van der Waals surface area contributed by atoms with Crippen LogP contribution in [0.1, 0.15) is 12.0 Å². The third-order valence-corrected chi connectivity index (χ3v) is 2.10. The van der Waals surface area contributed by atoms with E-state index in [4.69, 9.17) is 10.8 Å². The van der Waals surface area contributed by atoms with Crippen molar-refractivity contribution in [1.82, 2.24) is 5.32 Å². The Morgan fingerprint density at radius 3 is 2.42 bits per heavy atom. The lowest BCUT2D eigenvalue weighted by molar-refractivity contribution is -0.142. The van der Waals surface area contributed by atoms with Crippen molar-refractivity contribution in [2.24, 2.45) is 5.73 Å². The number of benzene rings is 1. The van der Waals surface area contributed by atoms with E-state index < -0.39 is 30.2 Å². The molecule has 0 aliphatic heterocycles.